The largest absolute Gasteiger partial charge is 0.573 e. The van der Waals surface area contributed by atoms with Crippen LogP contribution < -0.4 is 14.2 Å². The van der Waals surface area contributed by atoms with Gasteiger partial charge in [0.1, 0.15) is 5.69 Å². The second kappa shape index (κ2) is 19.0. The van der Waals surface area contributed by atoms with Crippen LogP contribution in [0.1, 0.15) is 5.69 Å². The van der Waals surface area contributed by atoms with Crippen molar-refractivity contribution in [1.82, 2.24) is 24.3 Å². The second-order valence-electron chi connectivity index (χ2n) is 14.9. The van der Waals surface area contributed by atoms with Gasteiger partial charge in [0.05, 0.1) is 11.4 Å². The summed E-state index contributed by atoms with van der Waals surface area (Å²) in [5, 5.41) is 16.1. The summed E-state index contributed by atoms with van der Waals surface area (Å²) >= 11 is 0. The monoisotopic (exact) mass is 1040 g/mol. The number of hydrogen-bond acceptors (Lipinski definition) is 2. The van der Waals surface area contributed by atoms with Gasteiger partial charge in [0, 0.05) is 56.8 Å². The van der Waals surface area contributed by atoms with Gasteiger partial charge < -0.3 is 19.3 Å². The fourth-order valence-electron chi connectivity index (χ4n) is 7.75. The Labute approximate surface area is 391 Å². The molecule has 0 saturated heterocycles. The zero-order valence-electron chi connectivity index (χ0n) is 34.8. The Morgan fingerprint density at radius 3 is 1.39 bits per heavy atom. The van der Waals surface area contributed by atoms with Gasteiger partial charge in [-0.1, -0.05) is 121 Å². The predicted molar refractivity (Wildman–Crippen MR) is 246 cm³/mol. The summed E-state index contributed by atoms with van der Waals surface area (Å²) in [6.45, 7) is 0. The van der Waals surface area contributed by atoms with Crippen LogP contribution in [0.4, 0.5) is 13.2 Å². The van der Waals surface area contributed by atoms with Gasteiger partial charge in [0.25, 0.3) is 12.7 Å². The van der Waals surface area contributed by atoms with E-state index in [1.54, 1.807) is 18.2 Å². The van der Waals surface area contributed by atoms with E-state index >= 15 is 0 Å². The van der Waals surface area contributed by atoms with Crippen LogP contribution in [0.2, 0.25) is 0 Å². The number of fused-ring (bicyclic) bond motifs is 4. The molecule has 0 N–H and O–H groups in total. The number of nitrogens with zero attached hydrogens (tertiary/aromatic N) is 7. The minimum Gasteiger partial charge on any atom is -0.573 e. The van der Waals surface area contributed by atoms with E-state index in [0.29, 0.717) is 5.69 Å². The van der Waals surface area contributed by atoms with E-state index in [1.807, 2.05) is 55.2 Å². The molecule has 0 amide bonds. The Bertz CT molecular complexity index is 3180. The zero-order chi connectivity index (χ0) is 44.2. The van der Waals surface area contributed by atoms with Crippen LogP contribution in [-0.2, 0) is 26.3 Å². The molecular formula is C55H35F3IrN7-3. The van der Waals surface area contributed by atoms with Crippen LogP contribution in [0.3, 0.4) is 0 Å². The van der Waals surface area contributed by atoms with E-state index in [4.69, 9.17) is 0 Å². The van der Waals surface area contributed by atoms with Crippen molar-refractivity contribution >= 4 is 43.1 Å². The summed E-state index contributed by atoms with van der Waals surface area (Å²) in [6.07, 6.45) is 12.0. The molecule has 0 saturated carbocycles. The molecule has 1 radical (unpaired) electrons. The molecule has 0 aliphatic carbocycles. The molecule has 4 heterocycles. The molecule has 4 aromatic heterocycles. The topological polar surface area (TPSA) is 57.5 Å². The second-order valence-corrected chi connectivity index (χ2v) is 14.9. The van der Waals surface area contributed by atoms with Crippen molar-refractivity contribution < 1.29 is 42.4 Å². The van der Waals surface area contributed by atoms with Crippen molar-refractivity contribution in [3.05, 3.63) is 243 Å². The average molecular weight is 1040 g/mol. The summed E-state index contributed by atoms with van der Waals surface area (Å²) < 4.78 is 44.7. The Hall–Kier alpha value is -7.98. The Morgan fingerprint density at radius 2 is 0.939 bits per heavy atom. The van der Waals surface area contributed by atoms with Gasteiger partial charge in [0.2, 0.25) is 0 Å². The first-order valence-corrected chi connectivity index (χ1v) is 20.7. The van der Waals surface area contributed by atoms with Crippen molar-refractivity contribution in [2.75, 3.05) is 0 Å². The molecule has 0 atom stereocenters. The number of halogens is 3. The van der Waals surface area contributed by atoms with Gasteiger partial charge in [-0.2, -0.15) is 49.6 Å². The molecule has 7 nitrogen and oxygen atoms in total. The van der Waals surface area contributed by atoms with Crippen molar-refractivity contribution in [2.45, 2.75) is 6.18 Å². The van der Waals surface area contributed by atoms with Gasteiger partial charge in [-0.15, -0.1) is 33.7 Å². The standard InChI is InChI=1S/2C23H15N2.C9H5F3N3.Ir/c2*1-3-11-20-18(7-1)9-5-13-22(20)24-15-16-25(17-24)23-14-6-10-19-8-2-4-12-21(19)23;10-9(11,12)8-5-7(14-15-8)6-3-1-2-4-13-6;/h2*1-13,15-16H;1-5H;/q3*-1;. The Balaban J connectivity index is 0.000000128. The molecule has 0 spiro atoms. The third-order valence-corrected chi connectivity index (χ3v) is 10.8. The normalized spacial score (nSPS) is 11.1. The van der Waals surface area contributed by atoms with Crippen molar-refractivity contribution in [1.29, 1.82) is 0 Å². The SMILES string of the molecule is FC(F)(F)c1cc(-c2ccccn2)[n-]n1.[Ir].[c-]1ccc2ccccc2c1-n1[c-][n+](-c2cccc3ccccc23)cc1.[c-]1ccc2ccccc2c1-n1[c-][n+](-c2cccc3ccccc23)cc1. The number of hydrogen-bond donors (Lipinski definition) is 0. The molecule has 12 rings (SSSR count). The molecule has 12 aromatic rings. The quantitative estimate of drug-likeness (QED) is 0.127. The average Bonchev–Trinajstić information content (AvgIpc) is 4.17. The number of rotatable bonds is 5. The first kappa shape index (κ1) is 43.3. The van der Waals surface area contributed by atoms with Gasteiger partial charge in [0.15, 0.2) is 0 Å². The molecule has 8 aromatic carbocycles. The van der Waals surface area contributed by atoms with Crippen molar-refractivity contribution in [3.8, 4) is 34.1 Å². The molecule has 0 unspecified atom stereocenters. The third-order valence-electron chi connectivity index (χ3n) is 10.8. The van der Waals surface area contributed by atoms with Crippen LogP contribution in [0, 0.1) is 24.8 Å². The molecule has 66 heavy (non-hydrogen) atoms. The molecular weight excluding hydrogens is 1010 g/mol. The van der Waals surface area contributed by atoms with Crippen LogP contribution in [0.25, 0.3) is 77.2 Å². The van der Waals surface area contributed by atoms with Gasteiger partial charge in [-0.05, 0) is 63.3 Å². The summed E-state index contributed by atoms with van der Waals surface area (Å²) in [5.41, 5.74) is 3.77. The van der Waals surface area contributed by atoms with Crippen molar-refractivity contribution in [2.24, 2.45) is 0 Å². The van der Waals surface area contributed by atoms with Crippen LogP contribution >= 0.6 is 0 Å². The number of imidazole rings is 2. The summed E-state index contributed by atoms with van der Waals surface area (Å²) in [7, 11) is 0. The summed E-state index contributed by atoms with van der Waals surface area (Å²) in [5.74, 6) is 0. The first-order valence-electron chi connectivity index (χ1n) is 20.7. The van der Waals surface area contributed by atoms with Crippen LogP contribution in [0.15, 0.2) is 213 Å². The fraction of sp³-hybridized carbons (Fsp3) is 0.0182. The van der Waals surface area contributed by atoms with E-state index in [1.165, 1.54) is 49.3 Å². The Kier molecular flexibility index (Phi) is 12.5. The molecule has 0 bridgehead atoms. The maximum Gasteiger partial charge on any atom is 0.431 e. The Morgan fingerprint density at radius 1 is 0.500 bits per heavy atom. The molecule has 0 aliphatic heterocycles. The van der Waals surface area contributed by atoms with Crippen LogP contribution in [0.5, 0.6) is 0 Å². The first-order chi connectivity index (χ1) is 31.9. The molecule has 0 fully saturated rings. The van der Waals surface area contributed by atoms with E-state index < -0.39 is 11.9 Å². The molecule has 11 heteroatoms. The maximum absolute atomic E-state index is 12.2. The predicted octanol–water partition coefficient (Wildman–Crippen LogP) is 11.4. The van der Waals surface area contributed by atoms with Gasteiger partial charge >= 0.3 is 6.18 Å². The smallest absolute Gasteiger partial charge is 0.431 e. The summed E-state index contributed by atoms with van der Waals surface area (Å²) in [6, 6.07) is 66.8. The van der Waals surface area contributed by atoms with Gasteiger partial charge in [-0.25, -0.2) is 0 Å². The minimum absolute atomic E-state index is 0. The minimum atomic E-state index is -4.46. The third kappa shape index (κ3) is 9.03. The van der Waals surface area contributed by atoms with Gasteiger partial charge in [-0.3, -0.25) is 14.1 Å². The number of pyridine rings is 1. The number of benzene rings is 8. The number of alkyl halides is 3. The van der Waals surface area contributed by atoms with E-state index in [9.17, 15) is 13.2 Å². The van der Waals surface area contributed by atoms with E-state index in [2.05, 4.69) is 186 Å². The fourth-order valence-corrected chi connectivity index (χ4v) is 7.75. The van der Waals surface area contributed by atoms with E-state index in [0.717, 1.165) is 28.8 Å². The molecule has 0 aliphatic rings. The number of aromatic nitrogens is 7. The van der Waals surface area contributed by atoms with Crippen molar-refractivity contribution in [3.63, 3.8) is 0 Å². The van der Waals surface area contributed by atoms with E-state index in [-0.39, 0.29) is 25.8 Å². The molecule has 323 valence electrons. The zero-order valence-corrected chi connectivity index (χ0v) is 37.2. The summed E-state index contributed by atoms with van der Waals surface area (Å²) in [4.78, 5) is 3.87. The maximum atomic E-state index is 12.2. The van der Waals surface area contributed by atoms with Crippen LogP contribution in [-0.4, -0.2) is 19.2 Å².